The van der Waals surface area contributed by atoms with E-state index in [4.69, 9.17) is 4.74 Å². The molecule has 1 heterocycles. The van der Waals surface area contributed by atoms with Gasteiger partial charge in [0, 0.05) is 5.56 Å². The van der Waals surface area contributed by atoms with E-state index >= 15 is 0 Å². The summed E-state index contributed by atoms with van der Waals surface area (Å²) in [7, 11) is 0. The Balaban J connectivity index is 2.02. The van der Waals surface area contributed by atoms with Gasteiger partial charge in [0.25, 0.3) is 0 Å². The molecular formula is C16H20O3. The molecule has 0 bridgehead atoms. The first-order valence-corrected chi connectivity index (χ1v) is 7.16. The average molecular weight is 260 g/mol. The lowest BCUT2D eigenvalue weighted by Gasteiger charge is -2.38. The molecule has 0 aromatic heterocycles. The van der Waals surface area contributed by atoms with E-state index in [1.54, 1.807) is 12.1 Å². The molecule has 3 nitrogen and oxygen atoms in total. The predicted octanol–water partition coefficient (Wildman–Crippen LogP) is 3.76. The van der Waals surface area contributed by atoms with Crippen molar-refractivity contribution >= 4 is 5.78 Å². The summed E-state index contributed by atoms with van der Waals surface area (Å²) in [5.41, 5.74) is 0.999. The average Bonchev–Trinajstić information content (AvgIpc) is 2.60. The zero-order chi connectivity index (χ0) is 13.5. The smallest absolute Gasteiger partial charge is 0.170 e. The number of fused-ring (bicyclic) bond motifs is 1. The van der Waals surface area contributed by atoms with Gasteiger partial charge in [0.2, 0.25) is 0 Å². The van der Waals surface area contributed by atoms with Gasteiger partial charge >= 0.3 is 0 Å². The van der Waals surface area contributed by atoms with Gasteiger partial charge < -0.3 is 9.84 Å². The first-order valence-electron chi connectivity index (χ1n) is 7.16. The number of Topliss-reactive ketones (excluding diaryl/α,β-unsaturated/α-hetero) is 1. The molecule has 1 N–H and O–H groups in total. The molecule has 1 aliphatic heterocycles. The van der Waals surface area contributed by atoms with E-state index in [9.17, 15) is 9.90 Å². The van der Waals surface area contributed by atoms with Crippen LogP contribution in [0.3, 0.4) is 0 Å². The Morgan fingerprint density at radius 1 is 1.16 bits per heavy atom. The summed E-state index contributed by atoms with van der Waals surface area (Å²) in [4.78, 5) is 12.4. The lowest BCUT2D eigenvalue weighted by Crippen LogP contribution is -2.41. The Morgan fingerprint density at radius 2 is 1.84 bits per heavy atom. The van der Waals surface area contributed by atoms with Crippen LogP contribution in [-0.4, -0.2) is 16.5 Å². The Morgan fingerprint density at radius 3 is 2.53 bits per heavy atom. The second kappa shape index (κ2) is 4.55. The molecule has 0 saturated heterocycles. The summed E-state index contributed by atoms with van der Waals surface area (Å²) in [6.45, 7) is 1.82. The zero-order valence-corrected chi connectivity index (χ0v) is 11.4. The van der Waals surface area contributed by atoms with Crippen molar-refractivity contribution < 1.29 is 14.6 Å². The van der Waals surface area contributed by atoms with Gasteiger partial charge in [0.05, 0.1) is 12.0 Å². The minimum absolute atomic E-state index is 0.159. The second-order valence-electron chi connectivity index (χ2n) is 5.89. The molecule has 0 amide bonds. The van der Waals surface area contributed by atoms with Crippen LogP contribution in [0.25, 0.3) is 0 Å². The van der Waals surface area contributed by atoms with Crippen LogP contribution in [-0.2, 0) is 0 Å². The van der Waals surface area contributed by atoms with Crippen molar-refractivity contribution in [1.29, 1.82) is 0 Å². The highest BCUT2D eigenvalue weighted by Gasteiger charge is 2.41. The van der Waals surface area contributed by atoms with Gasteiger partial charge in [-0.2, -0.15) is 0 Å². The van der Waals surface area contributed by atoms with Crippen molar-refractivity contribution in [3.05, 3.63) is 23.3 Å². The van der Waals surface area contributed by atoms with Gasteiger partial charge in [-0.05, 0) is 44.7 Å². The number of benzene rings is 1. The van der Waals surface area contributed by atoms with Crippen LogP contribution in [0, 0.1) is 6.92 Å². The largest absolute Gasteiger partial charge is 0.508 e. The summed E-state index contributed by atoms with van der Waals surface area (Å²) in [6, 6.07) is 3.27. The number of rotatable bonds is 0. The predicted molar refractivity (Wildman–Crippen MR) is 72.9 cm³/mol. The molecule has 1 aromatic rings. The molecule has 2 aliphatic rings. The van der Waals surface area contributed by atoms with E-state index in [0.717, 1.165) is 25.7 Å². The van der Waals surface area contributed by atoms with E-state index < -0.39 is 0 Å². The maximum atomic E-state index is 12.4. The van der Waals surface area contributed by atoms with Crippen molar-refractivity contribution in [2.24, 2.45) is 0 Å². The second-order valence-corrected chi connectivity index (χ2v) is 5.89. The number of ether oxygens (including phenoxy) is 1. The van der Waals surface area contributed by atoms with Gasteiger partial charge in [-0.25, -0.2) is 0 Å². The fraction of sp³-hybridized carbons (Fsp3) is 0.562. The molecule has 1 aliphatic carbocycles. The maximum absolute atomic E-state index is 12.4. The monoisotopic (exact) mass is 260 g/mol. The van der Waals surface area contributed by atoms with Crippen LogP contribution < -0.4 is 4.74 Å². The van der Waals surface area contributed by atoms with Gasteiger partial charge in [0.1, 0.15) is 17.1 Å². The molecule has 3 heteroatoms. The molecule has 19 heavy (non-hydrogen) atoms. The summed E-state index contributed by atoms with van der Waals surface area (Å²) in [5.74, 6) is 0.974. The van der Waals surface area contributed by atoms with Crippen LogP contribution in [0.4, 0.5) is 0 Å². The van der Waals surface area contributed by atoms with Crippen LogP contribution in [0.5, 0.6) is 11.5 Å². The Kier molecular flexibility index (Phi) is 3.00. The maximum Gasteiger partial charge on any atom is 0.170 e. The molecule has 1 spiro atoms. The lowest BCUT2D eigenvalue weighted by atomic mass is 9.83. The van der Waals surface area contributed by atoms with Crippen molar-refractivity contribution in [2.75, 3.05) is 0 Å². The Bertz CT molecular complexity index is 511. The highest BCUT2D eigenvalue weighted by Crippen LogP contribution is 2.44. The van der Waals surface area contributed by atoms with E-state index in [-0.39, 0.29) is 17.1 Å². The number of aromatic hydroxyl groups is 1. The first kappa shape index (κ1) is 12.5. The fourth-order valence-corrected chi connectivity index (χ4v) is 3.32. The van der Waals surface area contributed by atoms with Crippen LogP contribution in [0.2, 0.25) is 0 Å². The quantitative estimate of drug-likeness (QED) is 0.772. The molecule has 0 unspecified atom stereocenters. The van der Waals surface area contributed by atoms with Crippen LogP contribution in [0.1, 0.15) is 60.9 Å². The standard InChI is InChI=1S/C16H20O3/c1-11-13(17)7-6-12-14(18)10-16(19-15(11)12)8-4-2-3-5-9-16/h6-7,17H,2-5,8-10H2,1H3. The fourth-order valence-electron chi connectivity index (χ4n) is 3.32. The van der Waals surface area contributed by atoms with E-state index in [2.05, 4.69) is 0 Å². The summed E-state index contributed by atoms with van der Waals surface area (Å²) >= 11 is 0. The molecule has 102 valence electrons. The minimum atomic E-state index is -0.320. The molecule has 0 radical (unpaired) electrons. The van der Waals surface area contributed by atoms with Gasteiger partial charge in [0.15, 0.2) is 5.78 Å². The summed E-state index contributed by atoms with van der Waals surface area (Å²) in [5, 5.41) is 9.81. The number of carbonyl (C=O) groups is 1. The van der Waals surface area contributed by atoms with E-state index in [1.165, 1.54) is 12.8 Å². The molecule has 3 rings (SSSR count). The molecular weight excluding hydrogens is 240 g/mol. The third-order valence-corrected chi connectivity index (χ3v) is 4.49. The highest BCUT2D eigenvalue weighted by molar-refractivity contribution is 6.01. The summed E-state index contributed by atoms with van der Waals surface area (Å²) < 4.78 is 6.24. The molecule has 1 saturated carbocycles. The number of hydrogen-bond donors (Lipinski definition) is 1. The normalized spacial score (nSPS) is 21.6. The van der Waals surface area contributed by atoms with Crippen molar-refractivity contribution in [3.8, 4) is 11.5 Å². The Hall–Kier alpha value is -1.51. The van der Waals surface area contributed by atoms with Crippen molar-refractivity contribution in [1.82, 2.24) is 0 Å². The number of carbonyl (C=O) groups excluding carboxylic acids is 1. The van der Waals surface area contributed by atoms with Crippen molar-refractivity contribution in [2.45, 2.75) is 57.5 Å². The minimum Gasteiger partial charge on any atom is -0.508 e. The van der Waals surface area contributed by atoms with Crippen LogP contribution in [0.15, 0.2) is 12.1 Å². The topological polar surface area (TPSA) is 46.5 Å². The van der Waals surface area contributed by atoms with Gasteiger partial charge in [-0.15, -0.1) is 0 Å². The van der Waals surface area contributed by atoms with E-state index in [0.29, 0.717) is 23.3 Å². The number of phenols is 1. The first-order chi connectivity index (χ1) is 9.11. The highest BCUT2D eigenvalue weighted by atomic mass is 16.5. The third-order valence-electron chi connectivity index (χ3n) is 4.49. The van der Waals surface area contributed by atoms with Gasteiger partial charge in [-0.3, -0.25) is 4.79 Å². The van der Waals surface area contributed by atoms with Crippen molar-refractivity contribution in [3.63, 3.8) is 0 Å². The molecule has 1 fully saturated rings. The molecule has 0 atom stereocenters. The SMILES string of the molecule is Cc1c(O)ccc2c1OC1(CCCCCC1)CC2=O. The Labute approximate surface area is 113 Å². The number of ketones is 1. The molecule has 1 aromatic carbocycles. The van der Waals surface area contributed by atoms with Crippen LogP contribution >= 0.6 is 0 Å². The summed E-state index contributed by atoms with van der Waals surface area (Å²) in [6.07, 6.45) is 7.10. The lowest BCUT2D eigenvalue weighted by molar-refractivity contribution is 0.0290. The number of phenolic OH excluding ortho intramolecular Hbond substituents is 1. The van der Waals surface area contributed by atoms with Gasteiger partial charge in [-0.1, -0.05) is 12.8 Å². The van der Waals surface area contributed by atoms with E-state index in [1.807, 2.05) is 6.92 Å². The third kappa shape index (κ3) is 2.11. The number of hydrogen-bond acceptors (Lipinski definition) is 3. The zero-order valence-electron chi connectivity index (χ0n) is 11.4.